The number of carbonyl (C=O) groups is 1. The summed E-state index contributed by atoms with van der Waals surface area (Å²) in [5, 5.41) is 9.94. The summed E-state index contributed by atoms with van der Waals surface area (Å²) in [7, 11) is 0. The van der Waals surface area contributed by atoms with Crippen LogP contribution in [0.2, 0.25) is 0 Å². The van der Waals surface area contributed by atoms with E-state index in [9.17, 15) is 9.18 Å². The number of amides is 2. The highest BCUT2D eigenvalue weighted by atomic mass is 19.1. The fraction of sp³-hybridized carbons (Fsp3) is 0.429. The minimum absolute atomic E-state index is 0.0919. The molecule has 1 fully saturated rings. The van der Waals surface area contributed by atoms with E-state index in [1.807, 2.05) is 19.1 Å². The third kappa shape index (κ3) is 4.34. The molecule has 9 heteroatoms. The Labute approximate surface area is 174 Å². The summed E-state index contributed by atoms with van der Waals surface area (Å²) in [6, 6.07) is 3.37. The first kappa shape index (κ1) is 20.1. The lowest BCUT2D eigenvalue weighted by Crippen LogP contribution is -2.51. The van der Waals surface area contributed by atoms with Gasteiger partial charge in [0, 0.05) is 35.9 Å². The number of H-pyrrole nitrogens is 1. The molecule has 0 aromatic carbocycles. The second-order valence-electron chi connectivity index (χ2n) is 7.53. The van der Waals surface area contributed by atoms with Crippen molar-refractivity contribution in [2.75, 3.05) is 11.9 Å². The highest BCUT2D eigenvalue weighted by molar-refractivity contribution is 5.91. The van der Waals surface area contributed by atoms with Gasteiger partial charge in [-0.2, -0.15) is 0 Å². The van der Waals surface area contributed by atoms with Crippen LogP contribution in [0.1, 0.15) is 39.0 Å². The lowest BCUT2D eigenvalue weighted by Gasteiger charge is -2.33. The third-order valence-corrected chi connectivity index (χ3v) is 5.38. The van der Waals surface area contributed by atoms with Crippen LogP contribution >= 0.6 is 0 Å². The van der Waals surface area contributed by atoms with Crippen molar-refractivity contribution < 1.29 is 9.18 Å². The van der Waals surface area contributed by atoms with Gasteiger partial charge in [-0.3, -0.25) is 0 Å². The molecule has 2 atom stereocenters. The molecule has 158 valence electrons. The Morgan fingerprint density at radius 1 is 1.27 bits per heavy atom. The number of urea groups is 1. The quantitative estimate of drug-likeness (QED) is 0.496. The van der Waals surface area contributed by atoms with Crippen molar-refractivity contribution in [3.63, 3.8) is 0 Å². The summed E-state index contributed by atoms with van der Waals surface area (Å²) < 4.78 is 14.5. The second kappa shape index (κ2) is 9.06. The van der Waals surface area contributed by atoms with Crippen LogP contribution in [-0.4, -0.2) is 44.6 Å². The molecule has 0 spiro atoms. The van der Waals surface area contributed by atoms with Crippen LogP contribution in [0.25, 0.3) is 22.4 Å². The van der Waals surface area contributed by atoms with Crippen LogP contribution in [0.15, 0.2) is 30.7 Å². The minimum Gasteiger partial charge on any atom is -0.363 e. The summed E-state index contributed by atoms with van der Waals surface area (Å²) >= 11 is 0. The number of rotatable bonds is 6. The predicted molar refractivity (Wildman–Crippen MR) is 114 cm³/mol. The smallest absolute Gasteiger partial charge is 0.315 e. The number of halogens is 1. The summed E-state index contributed by atoms with van der Waals surface area (Å²) in [5.74, 6) is 0.0431. The van der Waals surface area contributed by atoms with E-state index in [4.69, 9.17) is 0 Å². The topological polar surface area (TPSA) is 108 Å². The number of nitrogens with zero attached hydrogens (tertiary/aromatic N) is 3. The van der Waals surface area contributed by atoms with E-state index < -0.39 is 5.82 Å². The molecule has 4 rings (SSSR count). The maximum atomic E-state index is 14.5. The molecule has 0 bridgehead atoms. The van der Waals surface area contributed by atoms with E-state index in [1.165, 1.54) is 6.20 Å². The van der Waals surface area contributed by atoms with E-state index in [0.29, 0.717) is 12.4 Å². The largest absolute Gasteiger partial charge is 0.363 e. The van der Waals surface area contributed by atoms with E-state index >= 15 is 0 Å². The first-order valence-electron chi connectivity index (χ1n) is 10.4. The molecule has 1 aliphatic carbocycles. The molecular formula is C21H26FN7O. The lowest BCUT2D eigenvalue weighted by molar-refractivity contribution is 0.230. The Morgan fingerprint density at radius 2 is 2.10 bits per heavy atom. The molecule has 0 aliphatic heterocycles. The average molecular weight is 411 g/mol. The van der Waals surface area contributed by atoms with Crippen LogP contribution in [0.4, 0.5) is 15.0 Å². The van der Waals surface area contributed by atoms with Gasteiger partial charge in [-0.1, -0.05) is 19.8 Å². The zero-order valence-corrected chi connectivity index (χ0v) is 16.9. The Balaban J connectivity index is 1.54. The van der Waals surface area contributed by atoms with Gasteiger partial charge >= 0.3 is 6.03 Å². The third-order valence-electron chi connectivity index (χ3n) is 5.38. The molecule has 8 nitrogen and oxygen atoms in total. The molecule has 3 aromatic heterocycles. The Morgan fingerprint density at radius 3 is 2.93 bits per heavy atom. The first-order valence-corrected chi connectivity index (χ1v) is 10.4. The molecule has 4 N–H and O–H groups in total. The fourth-order valence-corrected chi connectivity index (χ4v) is 3.85. The first-order chi connectivity index (χ1) is 14.7. The van der Waals surface area contributed by atoms with Gasteiger partial charge < -0.3 is 20.9 Å². The number of fused-ring (bicyclic) bond motifs is 1. The van der Waals surface area contributed by atoms with E-state index in [1.54, 1.807) is 12.4 Å². The molecule has 1 saturated carbocycles. The summed E-state index contributed by atoms with van der Waals surface area (Å²) in [6.07, 6.45) is 9.24. The van der Waals surface area contributed by atoms with Gasteiger partial charge in [-0.15, -0.1) is 0 Å². The van der Waals surface area contributed by atoms with Crippen molar-refractivity contribution in [2.24, 2.45) is 0 Å². The van der Waals surface area contributed by atoms with Gasteiger partial charge in [0.25, 0.3) is 0 Å². The number of aromatic nitrogens is 4. The monoisotopic (exact) mass is 411 g/mol. The van der Waals surface area contributed by atoms with Crippen LogP contribution in [-0.2, 0) is 0 Å². The molecule has 2 amide bonds. The SMILES string of the molecule is CCCNC(=O)NC1CCCC[C@H]1Nc1nc(-c2c[nH]c3ncccc23)ncc1F. The highest BCUT2D eigenvalue weighted by Gasteiger charge is 2.28. The molecule has 0 saturated heterocycles. The minimum atomic E-state index is -0.517. The molecule has 3 heterocycles. The summed E-state index contributed by atoms with van der Waals surface area (Å²) in [4.78, 5) is 28.1. The van der Waals surface area contributed by atoms with Gasteiger partial charge in [-0.25, -0.2) is 24.1 Å². The Hall–Kier alpha value is -3.23. The van der Waals surface area contributed by atoms with Gasteiger partial charge in [-0.05, 0) is 31.4 Å². The van der Waals surface area contributed by atoms with Gasteiger partial charge in [0.15, 0.2) is 17.5 Å². The van der Waals surface area contributed by atoms with Crippen molar-refractivity contribution in [1.29, 1.82) is 0 Å². The molecule has 3 aromatic rings. The fourth-order valence-electron chi connectivity index (χ4n) is 3.85. The number of hydrogen-bond acceptors (Lipinski definition) is 5. The summed E-state index contributed by atoms with van der Waals surface area (Å²) in [5.41, 5.74) is 1.49. The van der Waals surface area contributed by atoms with Gasteiger partial charge in [0.1, 0.15) is 5.65 Å². The van der Waals surface area contributed by atoms with Crippen LogP contribution in [0.3, 0.4) is 0 Å². The van der Waals surface area contributed by atoms with E-state index in [0.717, 1.165) is 48.7 Å². The number of hydrogen-bond donors (Lipinski definition) is 4. The van der Waals surface area contributed by atoms with E-state index in [-0.39, 0.29) is 23.9 Å². The molecule has 30 heavy (non-hydrogen) atoms. The number of aromatic amines is 1. The van der Waals surface area contributed by atoms with Gasteiger partial charge in [0.05, 0.1) is 12.2 Å². The summed E-state index contributed by atoms with van der Waals surface area (Å²) in [6.45, 7) is 2.63. The van der Waals surface area contributed by atoms with Crippen molar-refractivity contribution in [3.8, 4) is 11.4 Å². The normalized spacial score (nSPS) is 18.9. The molecule has 1 aliphatic rings. The van der Waals surface area contributed by atoms with Crippen LogP contribution in [0.5, 0.6) is 0 Å². The van der Waals surface area contributed by atoms with Crippen LogP contribution < -0.4 is 16.0 Å². The highest BCUT2D eigenvalue weighted by Crippen LogP contribution is 2.27. The van der Waals surface area contributed by atoms with Crippen molar-refractivity contribution >= 4 is 22.9 Å². The van der Waals surface area contributed by atoms with Gasteiger partial charge in [0.2, 0.25) is 0 Å². The zero-order chi connectivity index (χ0) is 20.9. The maximum absolute atomic E-state index is 14.5. The number of nitrogens with one attached hydrogen (secondary N) is 4. The van der Waals surface area contributed by atoms with Crippen LogP contribution in [0, 0.1) is 5.82 Å². The molecular weight excluding hydrogens is 385 g/mol. The predicted octanol–water partition coefficient (Wildman–Crippen LogP) is 3.59. The Kier molecular flexibility index (Phi) is 6.06. The number of anilines is 1. The van der Waals surface area contributed by atoms with Crippen molar-refractivity contribution in [3.05, 3.63) is 36.5 Å². The standard InChI is InChI=1S/C21H26FN7O/c1-2-9-24-21(30)28-17-8-4-3-7-16(17)27-20-15(22)12-26-19(29-20)14-11-25-18-13(14)6-5-10-23-18/h5-6,10-12,16-17H,2-4,7-9H2,1H3,(H,23,25)(H2,24,28,30)(H,26,27,29)/t16-,17?/m1/s1. The molecule has 1 unspecified atom stereocenters. The maximum Gasteiger partial charge on any atom is 0.315 e. The second-order valence-corrected chi connectivity index (χ2v) is 7.53. The van der Waals surface area contributed by atoms with E-state index in [2.05, 4.69) is 35.9 Å². The Bertz CT molecular complexity index is 1020. The average Bonchev–Trinajstić information content (AvgIpc) is 3.19. The van der Waals surface area contributed by atoms with Crippen molar-refractivity contribution in [1.82, 2.24) is 30.6 Å². The number of carbonyl (C=O) groups excluding carboxylic acids is 1. The molecule has 0 radical (unpaired) electrons. The zero-order valence-electron chi connectivity index (χ0n) is 16.9. The number of pyridine rings is 1. The lowest BCUT2D eigenvalue weighted by atomic mass is 9.90. The van der Waals surface area contributed by atoms with Crippen molar-refractivity contribution in [2.45, 2.75) is 51.1 Å².